The SMILES string of the molecule is CC(C)CNN(CCC=Cc1ccccc1C(=O)NOC1CCCCO1)C(=O)[C@H](CC(C)C)C(=O)[C@@H]1CCCN1C(=O)OC(C)(C)C. The predicted octanol–water partition coefficient (Wildman–Crippen LogP) is 5.90. The van der Waals surface area contributed by atoms with E-state index in [4.69, 9.17) is 14.3 Å². The summed E-state index contributed by atoms with van der Waals surface area (Å²) in [7, 11) is 0. The molecule has 2 heterocycles. The largest absolute Gasteiger partial charge is 0.444 e. The van der Waals surface area contributed by atoms with Crippen molar-refractivity contribution in [3.05, 3.63) is 41.5 Å². The van der Waals surface area contributed by atoms with Crippen LogP contribution in [0.25, 0.3) is 6.08 Å². The topological polar surface area (TPSA) is 127 Å². The zero-order valence-corrected chi connectivity index (χ0v) is 29.4. The molecular formula is C36H56N4O7. The number of carbonyl (C=O) groups excluding carboxylic acids is 4. The third-order valence-corrected chi connectivity index (χ3v) is 7.96. The molecule has 11 heteroatoms. The fourth-order valence-electron chi connectivity index (χ4n) is 5.63. The highest BCUT2D eigenvalue weighted by Gasteiger charge is 2.42. The van der Waals surface area contributed by atoms with Crippen LogP contribution in [-0.2, 0) is 23.9 Å². The molecular weight excluding hydrogens is 600 g/mol. The molecule has 47 heavy (non-hydrogen) atoms. The molecule has 11 nitrogen and oxygen atoms in total. The summed E-state index contributed by atoms with van der Waals surface area (Å²) in [5, 5.41) is 1.55. The van der Waals surface area contributed by atoms with Gasteiger partial charge in [-0.15, -0.1) is 0 Å². The van der Waals surface area contributed by atoms with Gasteiger partial charge in [0.25, 0.3) is 5.91 Å². The molecule has 2 fully saturated rings. The maximum Gasteiger partial charge on any atom is 0.410 e. The Balaban J connectivity index is 1.71. The summed E-state index contributed by atoms with van der Waals surface area (Å²) < 4.78 is 11.1. The van der Waals surface area contributed by atoms with Gasteiger partial charge in [-0.1, -0.05) is 58.0 Å². The lowest BCUT2D eigenvalue weighted by Crippen LogP contribution is -2.53. The Morgan fingerprint density at radius 1 is 1.04 bits per heavy atom. The second kappa shape index (κ2) is 18.3. The van der Waals surface area contributed by atoms with Crippen molar-refractivity contribution in [3.63, 3.8) is 0 Å². The van der Waals surface area contributed by atoms with Gasteiger partial charge in [0.15, 0.2) is 12.1 Å². The Hall–Kier alpha value is -3.28. The van der Waals surface area contributed by atoms with E-state index in [1.54, 1.807) is 37.9 Å². The minimum Gasteiger partial charge on any atom is -0.444 e. The smallest absolute Gasteiger partial charge is 0.410 e. The molecule has 0 bridgehead atoms. The van der Waals surface area contributed by atoms with Crippen molar-refractivity contribution < 1.29 is 33.5 Å². The van der Waals surface area contributed by atoms with E-state index in [0.29, 0.717) is 63.1 Å². The van der Waals surface area contributed by atoms with Gasteiger partial charge in [-0.05, 0) is 82.8 Å². The number of carbonyl (C=O) groups is 4. The lowest BCUT2D eigenvalue weighted by Gasteiger charge is -2.32. The Labute approximate surface area is 280 Å². The number of ketones is 1. The summed E-state index contributed by atoms with van der Waals surface area (Å²) in [5.41, 5.74) is 6.26. The molecule has 0 spiro atoms. The van der Waals surface area contributed by atoms with Crippen LogP contribution in [0, 0.1) is 17.8 Å². The van der Waals surface area contributed by atoms with E-state index in [1.807, 2.05) is 38.1 Å². The first-order valence-electron chi connectivity index (χ1n) is 17.2. The van der Waals surface area contributed by atoms with Crippen LogP contribution in [0.5, 0.6) is 0 Å². The molecule has 3 atom stereocenters. The van der Waals surface area contributed by atoms with Gasteiger partial charge in [-0.3, -0.25) is 24.3 Å². The fraction of sp³-hybridized carbons (Fsp3) is 0.667. The van der Waals surface area contributed by atoms with Crippen LogP contribution in [0.15, 0.2) is 30.3 Å². The lowest BCUT2D eigenvalue weighted by molar-refractivity contribution is -0.186. The number of hydroxylamine groups is 1. The van der Waals surface area contributed by atoms with Gasteiger partial charge in [0, 0.05) is 38.2 Å². The first-order valence-corrected chi connectivity index (χ1v) is 17.2. The van der Waals surface area contributed by atoms with Crippen LogP contribution in [0.3, 0.4) is 0 Å². The average Bonchev–Trinajstić information content (AvgIpc) is 3.52. The van der Waals surface area contributed by atoms with Gasteiger partial charge in [-0.25, -0.2) is 20.5 Å². The van der Waals surface area contributed by atoms with Crippen LogP contribution < -0.4 is 10.9 Å². The number of rotatable bonds is 15. The monoisotopic (exact) mass is 656 g/mol. The molecule has 2 saturated heterocycles. The number of benzene rings is 1. The molecule has 3 amide bonds. The Morgan fingerprint density at radius 2 is 1.79 bits per heavy atom. The third-order valence-electron chi connectivity index (χ3n) is 7.96. The maximum absolute atomic E-state index is 14.1. The molecule has 0 saturated carbocycles. The van der Waals surface area contributed by atoms with E-state index in [-0.39, 0.29) is 29.4 Å². The minimum atomic E-state index is -0.899. The van der Waals surface area contributed by atoms with Crippen molar-refractivity contribution in [3.8, 4) is 0 Å². The van der Waals surface area contributed by atoms with Gasteiger partial charge in [0.2, 0.25) is 5.91 Å². The molecule has 0 aliphatic carbocycles. The number of ether oxygens (including phenoxy) is 2. The van der Waals surface area contributed by atoms with Gasteiger partial charge in [0.1, 0.15) is 11.5 Å². The zero-order chi connectivity index (χ0) is 34.6. The first-order chi connectivity index (χ1) is 22.3. The summed E-state index contributed by atoms with van der Waals surface area (Å²) in [6.07, 6.45) is 7.55. The van der Waals surface area contributed by atoms with Crippen molar-refractivity contribution in [2.45, 2.75) is 111 Å². The van der Waals surface area contributed by atoms with Crippen LogP contribution in [-0.4, -0.2) is 77.8 Å². The normalized spacial score (nSPS) is 19.3. The molecule has 0 aromatic heterocycles. The molecule has 1 unspecified atom stereocenters. The Kier molecular flexibility index (Phi) is 14.9. The van der Waals surface area contributed by atoms with Crippen molar-refractivity contribution in [2.24, 2.45) is 17.8 Å². The minimum absolute atomic E-state index is 0.0902. The Morgan fingerprint density at radius 3 is 2.45 bits per heavy atom. The molecule has 2 aliphatic rings. The second-order valence-corrected chi connectivity index (χ2v) is 14.3. The van der Waals surface area contributed by atoms with Gasteiger partial charge >= 0.3 is 6.09 Å². The van der Waals surface area contributed by atoms with Gasteiger partial charge in [-0.2, -0.15) is 0 Å². The lowest BCUT2D eigenvalue weighted by atomic mass is 9.88. The maximum atomic E-state index is 14.1. The second-order valence-electron chi connectivity index (χ2n) is 14.3. The average molecular weight is 657 g/mol. The predicted molar refractivity (Wildman–Crippen MR) is 181 cm³/mol. The summed E-state index contributed by atoms with van der Waals surface area (Å²) in [6.45, 7) is 15.4. The molecule has 3 rings (SSSR count). The number of hydrogen-bond acceptors (Lipinski definition) is 8. The number of hydrogen-bond donors (Lipinski definition) is 2. The zero-order valence-electron chi connectivity index (χ0n) is 29.4. The molecule has 0 radical (unpaired) electrons. The van der Waals surface area contributed by atoms with Crippen molar-refractivity contribution in [1.29, 1.82) is 0 Å². The summed E-state index contributed by atoms with van der Waals surface area (Å²) in [5.74, 6) is -1.44. The molecule has 1 aromatic carbocycles. The number of amides is 3. The van der Waals surface area contributed by atoms with Crippen LogP contribution in [0.1, 0.15) is 109 Å². The quantitative estimate of drug-likeness (QED) is 0.177. The van der Waals surface area contributed by atoms with E-state index < -0.39 is 29.9 Å². The number of Topliss-reactive ketones (excluding diaryl/α,β-unsaturated/α-hetero) is 1. The number of hydrazine groups is 1. The van der Waals surface area contributed by atoms with E-state index in [2.05, 4.69) is 24.8 Å². The van der Waals surface area contributed by atoms with Crippen molar-refractivity contribution in [2.75, 3.05) is 26.2 Å². The highest BCUT2D eigenvalue weighted by molar-refractivity contribution is 6.04. The highest BCUT2D eigenvalue weighted by Crippen LogP contribution is 2.27. The van der Waals surface area contributed by atoms with Crippen LogP contribution in [0.4, 0.5) is 4.79 Å². The molecule has 1 aromatic rings. The fourth-order valence-corrected chi connectivity index (χ4v) is 5.63. The standard InChI is InChI=1S/C36H56N4O7/c1-25(2)23-29(32(41)30-18-14-20-39(30)35(44)46-36(5,6)7)34(43)40(37-24-26(3)4)21-12-10-16-27-15-8-9-17-28(27)33(42)38-47-31-19-11-13-22-45-31/h8-10,15-17,25-26,29-31,37H,11-14,18-24H2,1-7H3,(H,38,42)/t29-,30+,31?/m1/s1. The number of nitrogens with zero attached hydrogens (tertiary/aromatic N) is 2. The van der Waals surface area contributed by atoms with Crippen LogP contribution in [0.2, 0.25) is 0 Å². The van der Waals surface area contributed by atoms with Crippen LogP contribution >= 0.6 is 0 Å². The number of likely N-dealkylation sites (tertiary alicyclic amines) is 1. The van der Waals surface area contributed by atoms with Crippen molar-refractivity contribution in [1.82, 2.24) is 20.8 Å². The summed E-state index contributed by atoms with van der Waals surface area (Å²) >= 11 is 0. The molecule has 2 aliphatic heterocycles. The molecule has 2 N–H and O–H groups in total. The third kappa shape index (κ3) is 12.4. The van der Waals surface area contributed by atoms with Gasteiger partial charge in [0.05, 0.1) is 6.04 Å². The van der Waals surface area contributed by atoms with Crippen molar-refractivity contribution >= 4 is 29.8 Å². The highest BCUT2D eigenvalue weighted by atomic mass is 16.8. The Bertz CT molecular complexity index is 1220. The molecule has 262 valence electrons. The number of nitrogens with one attached hydrogen (secondary N) is 2. The van der Waals surface area contributed by atoms with E-state index >= 15 is 0 Å². The first kappa shape index (κ1) is 38.2. The van der Waals surface area contributed by atoms with E-state index in [9.17, 15) is 19.2 Å². The van der Waals surface area contributed by atoms with E-state index in [1.165, 1.54) is 4.90 Å². The summed E-state index contributed by atoms with van der Waals surface area (Å²) in [6, 6.07) is 6.53. The van der Waals surface area contributed by atoms with E-state index in [0.717, 1.165) is 19.3 Å². The van der Waals surface area contributed by atoms with Gasteiger partial charge < -0.3 is 9.47 Å². The summed E-state index contributed by atoms with van der Waals surface area (Å²) in [4.78, 5) is 61.0.